The first-order valence-electron chi connectivity index (χ1n) is 6.74. The van der Waals surface area contributed by atoms with E-state index in [2.05, 4.69) is 5.32 Å². The lowest BCUT2D eigenvalue weighted by molar-refractivity contribution is 0.199. The number of hydrogen-bond acceptors (Lipinski definition) is 3. The summed E-state index contributed by atoms with van der Waals surface area (Å²) in [6, 6.07) is 3.71. The molecule has 0 fully saturated rings. The van der Waals surface area contributed by atoms with Gasteiger partial charge in [-0.05, 0) is 37.8 Å². The molecule has 0 atom stereocenters. The Kier molecular flexibility index (Phi) is 4.96. The Hall–Kier alpha value is -1.13. The molecule has 0 spiro atoms. The van der Waals surface area contributed by atoms with E-state index in [-0.39, 0.29) is 5.56 Å². The summed E-state index contributed by atoms with van der Waals surface area (Å²) >= 11 is 0. The first-order valence-corrected chi connectivity index (χ1v) is 6.74. The third kappa shape index (κ3) is 3.21. The molecule has 0 bridgehead atoms. The van der Waals surface area contributed by atoms with Crippen LogP contribution in [0.4, 0.5) is 0 Å². The van der Waals surface area contributed by atoms with Crippen molar-refractivity contribution >= 4 is 0 Å². The zero-order chi connectivity index (χ0) is 12.8. The average molecular weight is 250 g/mol. The minimum Gasteiger partial charge on any atom is -0.383 e. The molecule has 0 aromatic carbocycles. The molecule has 0 saturated carbocycles. The molecule has 1 aliphatic rings. The van der Waals surface area contributed by atoms with E-state index in [1.54, 1.807) is 13.2 Å². The molecule has 0 saturated heterocycles. The molecule has 1 heterocycles. The molecule has 1 aromatic heterocycles. The van der Waals surface area contributed by atoms with Crippen molar-refractivity contribution in [2.45, 2.75) is 32.2 Å². The van der Waals surface area contributed by atoms with Crippen molar-refractivity contribution in [2.24, 2.45) is 0 Å². The van der Waals surface area contributed by atoms with Crippen LogP contribution in [0.3, 0.4) is 0 Å². The van der Waals surface area contributed by atoms with E-state index >= 15 is 0 Å². The second kappa shape index (κ2) is 6.71. The number of ether oxygens (including phenoxy) is 1. The molecular formula is C14H22N2O2. The summed E-state index contributed by atoms with van der Waals surface area (Å²) in [6.45, 7) is 3.36. The lowest BCUT2D eigenvalue weighted by Gasteiger charge is -2.12. The van der Waals surface area contributed by atoms with Crippen LogP contribution < -0.4 is 10.9 Å². The molecule has 1 aromatic rings. The number of fused-ring (bicyclic) bond motifs is 1. The fraction of sp³-hybridized carbons (Fsp3) is 0.643. The number of nitrogens with zero attached hydrogens (tertiary/aromatic N) is 1. The molecule has 1 aliphatic carbocycles. The topological polar surface area (TPSA) is 43.3 Å². The van der Waals surface area contributed by atoms with Crippen LogP contribution in [0, 0.1) is 0 Å². The Balaban J connectivity index is 1.86. The molecule has 0 unspecified atom stereocenters. The fourth-order valence-corrected chi connectivity index (χ4v) is 2.54. The van der Waals surface area contributed by atoms with Gasteiger partial charge >= 0.3 is 0 Å². The van der Waals surface area contributed by atoms with Crippen LogP contribution in [0.1, 0.15) is 24.1 Å². The van der Waals surface area contributed by atoms with Gasteiger partial charge in [0.15, 0.2) is 0 Å². The van der Waals surface area contributed by atoms with Gasteiger partial charge in [-0.2, -0.15) is 0 Å². The van der Waals surface area contributed by atoms with Gasteiger partial charge in [-0.3, -0.25) is 4.79 Å². The van der Waals surface area contributed by atoms with Crippen LogP contribution in [0.5, 0.6) is 0 Å². The highest BCUT2D eigenvalue weighted by atomic mass is 16.5. The molecule has 2 rings (SSSR count). The predicted octanol–water partition coefficient (Wildman–Crippen LogP) is 0.963. The Morgan fingerprint density at radius 2 is 2.22 bits per heavy atom. The minimum atomic E-state index is 0.146. The minimum absolute atomic E-state index is 0.146. The Morgan fingerprint density at radius 3 is 3.06 bits per heavy atom. The zero-order valence-corrected chi connectivity index (χ0v) is 11.1. The molecule has 4 heteroatoms. The Bertz CT molecular complexity index is 440. The van der Waals surface area contributed by atoms with Gasteiger partial charge in [0, 0.05) is 32.0 Å². The molecule has 100 valence electrons. The highest BCUT2D eigenvalue weighted by Gasteiger charge is 2.14. The monoisotopic (exact) mass is 250 g/mol. The molecule has 0 amide bonds. The summed E-state index contributed by atoms with van der Waals surface area (Å²) in [4.78, 5) is 11.9. The van der Waals surface area contributed by atoms with E-state index in [0.29, 0.717) is 0 Å². The maximum absolute atomic E-state index is 11.9. The quantitative estimate of drug-likeness (QED) is 0.733. The van der Waals surface area contributed by atoms with E-state index in [4.69, 9.17) is 4.74 Å². The molecule has 4 nitrogen and oxygen atoms in total. The van der Waals surface area contributed by atoms with Crippen LogP contribution >= 0.6 is 0 Å². The smallest absolute Gasteiger partial charge is 0.250 e. The normalized spacial score (nSPS) is 13.8. The number of aryl methyl sites for hydroxylation is 1. The van der Waals surface area contributed by atoms with Gasteiger partial charge in [0.2, 0.25) is 0 Å². The van der Waals surface area contributed by atoms with Crippen LogP contribution in [0.15, 0.2) is 16.9 Å². The molecular weight excluding hydrogens is 228 g/mol. The summed E-state index contributed by atoms with van der Waals surface area (Å²) in [6.07, 6.45) is 4.36. The van der Waals surface area contributed by atoms with Gasteiger partial charge in [-0.25, -0.2) is 0 Å². The van der Waals surface area contributed by atoms with Crippen molar-refractivity contribution in [1.82, 2.24) is 9.88 Å². The van der Waals surface area contributed by atoms with Crippen molar-refractivity contribution < 1.29 is 4.74 Å². The van der Waals surface area contributed by atoms with Crippen molar-refractivity contribution in [3.63, 3.8) is 0 Å². The summed E-state index contributed by atoms with van der Waals surface area (Å²) in [5.74, 6) is 0. The highest BCUT2D eigenvalue weighted by Crippen LogP contribution is 2.19. The lowest BCUT2D eigenvalue weighted by Crippen LogP contribution is -2.26. The van der Waals surface area contributed by atoms with E-state index in [9.17, 15) is 4.79 Å². The number of nitrogens with one attached hydrogen (secondary N) is 1. The Labute approximate surface area is 108 Å². The average Bonchev–Trinajstić information content (AvgIpc) is 2.84. The van der Waals surface area contributed by atoms with E-state index in [1.807, 2.05) is 10.6 Å². The predicted molar refractivity (Wildman–Crippen MR) is 72.1 cm³/mol. The van der Waals surface area contributed by atoms with Crippen molar-refractivity contribution in [1.29, 1.82) is 0 Å². The maximum Gasteiger partial charge on any atom is 0.250 e. The molecule has 1 N–H and O–H groups in total. The highest BCUT2D eigenvalue weighted by molar-refractivity contribution is 5.25. The van der Waals surface area contributed by atoms with Crippen LogP contribution in [0.2, 0.25) is 0 Å². The van der Waals surface area contributed by atoms with E-state index < -0.39 is 0 Å². The third-order valence-electron chi connectivity index (χ3n) is 3.47. The second-order valence-corrected chi connectivity index (χ2v) is 4.75. The van der Waals surface area contributed by atoms with Crippen LogP contribution in [-0.2, 0) is 24.1 Å². The SMILES string of the molecule is COCCNCCCn1c2c(ccc1=O)CCC2. The maximum atomic E-state index is 11.9. The number of methoxy groups -OCH3 is 1. The number of hydrogen-bond donors (Lipinski definition) is 1. The number of rotatable bonds is 7. The van der Waals surface area contributed by atoms with Gasteiger partial charge in [-0.1, -0.05) is 6.07 Å². The van der Waals surface area contributed by atoms with Gasteiger partial charge in [0.05, 0.1) is 6.61 Å². The zero-order valence-electron chi connectivity index (χ0n) is 11.1. The fourth-order valence-electron chi connectivity index (χ4n) is 2.54. The van der Waals surface area contributed by atoms with Gasteiger partial charge in [-0.15, -0.1) is 0 Å². The van der Waals surface area contributed by atoms with E-state index in [0.717, 1.165) is 45.5 Å². The summed E-state index contributed by atoms with van der Waals surface area (Å²) in [7, 11) is 1.70. The first kappa shape index (κ1) is 13.3. The van der Waals surface area contributed by atoms with Gasteiger partial charge in [0.25, 0.3) is 5.56 Å². The summed E-state index contributed by atoms with van der Waals surface area (Å²) in [5.41, 5.74) is 2.77. The van der Waals surface area contributed by atoms with Crippen LogP contribution in [0.25, 0.3) is 0 Å². The largest absolute Gasteiger partial charge is 0.383 e. The summed E-state index contributed by atoms with van der Waals surface area (Å²) in [5, 5.41) is 3.30. The van der Waals surface area contributed by atoms with Crippen LogP contribution in [-0.4, -0.2) is 31.4 Å². The number of pyridine rings is 1. The lowest BCUT2D eigenvalue weighted by atomic mass is 10.2. The summed E-state index contributed by atoms with van der Waals surface area (Å²) < 4.78 is 6.93. The second-order valence-electron chi connectivity index (χ2n) is 4.75. The molecule has 0 radical (unpaired) electrons. The standard InChI is InChI=1S/C14H22N2O2/c1-18-11-9-15-8-3-10-16-13-5-2-4-12(13)6-7-14(16)17/h6-7,15H,2-5,8-11H2,1H3. The molecule has 0 aliphatic heterocycles. The van der Waals surface area contributed by atoms with Gasteiger partial charge in [0.1, 0.15) is 0 Å². The van der Waals surface area contributed by atoms with Crippen molar-refractivity contribution in [3.05, 3.63) is 33.7 Å². The Morgan fingerprint density at radius 1 is 1.33 bits per heavy atom. The number of aromatic nitrogens is 1. The van der Waals surface area contributed by atoms with Crippen molar-refractivity contribution in [3.8, 4) is 0 Å². The van der Waals surface area contributed by atoms with Gasteiger partial charge < -0.3 is 14.6 Å². The third-order valence-corrected chi connectivity index (χ3v) is 3.47. The van der Waals surface area contributed by atoms with Crippen molar-refractivity contribution in [2.75, 3.05) is 26.8 Å². The first-order chi connectivity index (χ1) is 8.83. The van der Waals surface area contributed by atoms with E-state index in [1.165, 1.54) is 17.7 Å². The molecule has 18 heavy (non-hydrogen) atoms.